The number of nitrogens with one attached hydrogen (secondary N) is 1. The third kappa shape index (κ3) is 3.39. The minimum Gasteiger partial charge on any atom is -0.382 e. The number of amides is 1. The molecule has 1 aliphatic heterocycles. The SMILES string of the molecule is CC1(CNC(=O)Cn2ccc(N)n2)CCCS1. The van der Waals surface area contributed by atoms with Crippen LogP contribution in [0.5, 0.6) is 0 Å². The fourth-order valence-corrected chi connectivity index (χ4v) is 3.17. The maximum atomic E-state index is 11.7. The van der Waals surface area contributed by atoms with Gasteiger partial charge in [-0.05, 0) is 31.6 Å². The average Bonchev–Trinajstić information content (AvgIpc) is 2.86. The van der Waals surface area contributed by atoms with Gasteiger partial charge < -0.3 is 11.1 Å². The van der Waals surface area contributed by atoms with E-state index < -0.39 is 0 Å². The molecular formula is C11H18N4OS. The summed E-state index contributed by atoms with van der Waals surface area (Å²) in [4.78, 5) is 11.7. The molecule has 5 nitrogen and oxygen atoms in total. The van der Waals surface area contributed by atoms with Crippen molar-refractivity contribution < 1.29 is 4.79 Å². The maximum Gasteiger partial charge on any atom is 0.241 e. The molecule has 0 aliphatic carbocycles. The van der Waals surface area contributed by atoms with Gasteiger partial charge in [0.05, 0.1) is 0 Å². The molecule has 0 saturated carbocycles. The van der Waals surface area contributed by atoms with Crippen LogP contribution in [0.1, 0.15) is 19.8 Å². The number of carbonyl (C=O) groups excluding carboxylic acids is 1. The van der Waals surface area contributed by atoms with Gasteiger partial charge in [0.2, 0.25) is 5.91 Å². The van der Waals surface area contributed by atoms with Crippen molar-refractivity contribution in [3.05, 3.63) is 12.3 Å². The molecule has 1 saturated heterocycles. The third-order valence-electron chi connectivity index (χ3n) is 2.93. The normalized spacial score (nSPS) is 23.8. The van der Waals surface area contributed by atoms with Crippen LogP contribution in [0.3, 0.4) is 0 Å². The van der Waals surface area contributed by atoms with Crippen LogP contribution in [0.2, 0.25) is 0 Å². The summed E-state index contributed by atoms with van der Waals surface area (Å²) in [5.41, 5.74) is 5.48. The molecule has 2 heterocycles. The largest absolute Gasteiger partial charge is 0.382 e. The molecule has 1 amide bonds. The van der Waals surface area contributed by atoms with Gasteiger partial charge in [0.15, 0.2) is 0 Å². The number of carbonyl (C=O) groups is 1. The Labute approximate surface area is 105 Å². The predicted molar refractivity (Wildman–Crippen MR) is 69.7 cm³/mol. The number of nitrogens with two attached hydrogens (primary N) is 1. The van der Waals surface area contributed by atoms with E-state index in [1.165, 1.54) is 18.6 Å². The molecule has 0 spiro atoms. The van der Waals surface area contributed by atoms with Crippen LogP contribution in [0.4, 0.5) is 5.82 Å². The van der Waals surface area contributed by atoms with Crippen LogP contribution >= 0.6 is 11.8 Å². The van der Waals surface area contributed by atoms with Crippen molar-refractivity contribution in [3.8, 4) is 0 Å². The number of rotatable bonds is 4. The molecule has 1 unspecified atom stereocenters. The number of hydrogen-bond donors (Lipinski definition) is 2. The highest BCUT2D eigenvalue weighted by molar-refractivity contribution is 8.00. The molecular weight excluding hydrogens is 236 g/mol. The van der Waals surface area contributed by atoms with Crippen LogP contribution in [0.15, 0.2) is 12.3 Å². The van der Waals surface area contributed by atoms with E-state index in [0.29, 0.717) is 5.82 Å². The van der Waals surface area contributed by atoms with Gasteiger partial charge in [-0.2, -0.15) is 16.9 Å². The lowest BCUT2D eigenvalue weighted by Gasteiger charge is -2.22. The molecule has 0 radical (unpaired) electrons. The van der Waals surface area contributed by atoms with E-state index in [2.05, 4.69) is 17.3 Å². The Morgan fingerprint density at radius 1 is 1.76 bits per heavy atom. The lowest BCUT2D eigenvalue weighted by Crippen LogP contribution is -2.38. The van der Waals surface area contributed by atoms with Gasteiger partial charge in [0, 0.05) is 17.5 Å². The fraction of sp³-hybridized carbons (Fsp3) is 0.636. The molecule has 1 fully saturated rings. The molecule has 0 bridgehead atoms. The molecule has 6 heteroatoms. The van der Waals surface area contributed by atoms with E-state index in [1.807, 2.05) is 11.8 Å². The fourth-order valence-electron chi connectivity index (χ4n) is 1.93. The summed E-state index contributed by atoms with van der Waals surface area (Å²) >= 11 is 1.94. The van der Waals surface area contributed by atoms with E-state index in [-0.39, 0.29) is 17.2 Å². The Morgan fingerprint density at radius 3 is 3.18 bits per heavy atom. The molecule has 0 aromatic carbocycles. The van der Waals surface area contributed by atoms with E-state index >= 15 is 0 Å². The second-order valence-electron chi connectivity index (χ2n) is 4.62. The summed E-state index contributed by atoms with van der Waals surface area (Å²) in [7, 11) is 0. The zero-order valence-electron chi connectivity index (χ0n) is 9.98. The highest BCUT2D eigenvalue weighted by Gasteiger charge is 2.29. The molecule has 17 heavy (non-hydrogen) atoms. The molecule has 94 valence electrons. The van der Waals surface area contributed by atoms with Gasteiger partial charge >= 0.3 is 0 Å². The second kappa shape index (κ2) is 5.00. The number of anilines is 1. The first-order valence-corrected chi connectivity index (χ1v) is 6.76. The zero-order chi connectivity index (χ0) is 12.3. The van der Waals surface area contributed by atoms with Gasteiger partial charge in [0.1, 0.15) is 12.4 Å². The monoisotopic (exact) mass is 254 g/mol. The topological polar surface area (TPSA) is 72.9 Å². The molecule has 1 aromatic rings. The summed E-state index contributed by atoms with van der Waals surface area (Å²) in [5.74, 6) is 1.63. The van der Waals surface area contributed by atoms with Crippen molar-refractivity contribution in [2.75, 3.05) is 18.0 Å². The van der Waals surface area contributed by atoms with Gasteiger partial charge in [-0.1, -0.05) is 0 Å². The maximum absolute atomic E-state index is 11.7. The first kappa shape index (κ1) is 12.3. The summed E-state index contributed by atoms with van der Waals surface area (Å²) < 4.78 is 1.76. The average molecular weight is 254 g/mol. The Bertz CT molecular complexity index is 398. The van der Waals surface area contributed by atoms with E-state index in [4.69, 9.17) is 5.73 Å². The van der Waals surface area contributed by atoms with Crippen LogP contribution < -0.4 is 11.1 Å². The Hall–Kier alpha value is -1.17. The summed E-state index contributed by atoms with van der Waals surface area (Å²) in [5, 5.41) is 6.94. The Kier molecular flexibility index (Phi) is 3.61. The van der Waals surface area contributed by atoms with Gasteiger partial charge in [0.25, 0.3) is 0 Å². The smallest absolute Gasteiger partial charge is 0.241 e. The van der Waals surface area contributed by atoms with Crippen LogP contribution in [0, 0.1) is 0 Å². The minimum absolute atomic E-state index is 0.0122. The highest BCUT2D eigenvalue weighted by Crippen LogP contribution is 2.36. The number of nitrogen functional groups attached to an aromatic ring is 1. The number of nitrogens with zero attached hydrogens (tertiary/aromatic N) is 2. The van der Waals surface area contributed by atoms with Crippen molar-refractivity contribution in [3.63, 3.8) is 0 Å². The van der Waals surface area contributed by atoms with Crippen LogP contribution in [-0.4, -0.2) is 32.7 Å². The lowest BCUT2D eigenvalue weighted by atomic mass is 10.1. The van der Waals surface area contributed by atoms with Crippen molar-refractivity contribution in [1.82, 2.24) is 15.1 Å². The Balaban J connectivity index is 1.77. The van der Waals surface area contributed by atoms with Crippen molar-refractivity contribution in [2.45, 2.75) is 31.1 Å². The van der Waals surface area contributed by atoms with Gasteiger partial charge in [-0.25, -0.2) is 0 Å². The second-order valence-corrected chi connectivity index (χ2v) is 6.30. The van der Waals surface area contributed by atoms with Crippen LogP contribution in [-0.2, 0) is 11.3 Å². The lowest BCUT2D eigenvalue weighted by molar-refractivity contribution is -0.121. The summed E-state index contributed by atoms with van der Waals surface area (Å²) in [6.07, 6.45) is 4.13. The molecule has 3 N–H and O–H groups in total. The standard InChI is InChI=1S/C11H18N4OS/c1-11(4-2-6-17-11)8-13-10(16)7-15-5-3-9(12)14-15/h3,5H,2,4,6-8H2,1H3,(H2,12,14)(H,13,16). The number of thioether (sulfide) groups is 1. The van der Waals surface area contributed by atoms with E-state index in [9.17, 15) is 4.79 Å². The van der Waals surface area contributed by atoms with E-state index in [1.54, 1.807) is 16.9 Å². The summed E-state index contributed by atoms with van der Waals surface area (Å²) in [6, 6.07) is 1.68. The number of hydrogen-bond acceptors (Lipinski definition) is 4. The van der Waals surface area contributed by atoms with Gasteiger partial charge in [-0.3, -0.25) is 9.48 Å². The highest BCUT2D eigenvalue weighted by atomic mass is 32.2. The molecule has 2 rings (SSSR count). The zero-order valence-corrected chi connectivity index (χ0v) is 10.8. The first-order chi connectivity index (χ1) is 8.07. The van der Waals surface area contributed by atoms with E-state index in [0.717, 1.165) is 6.54 Å². The van der Waals surface area contributed by atoms with Crippen molar-refractivity contribution >= 4 is 23.5 Å². The van der Waals surface area contributed by atoms with Crippen molar-refractivity contribution in [1.29, 1.82) is 0 Å². The first-order valence-electron chi connectivity index (χ1n) is 5.77. The van der Waals surface area contributed by atoms with Crippen molar-refractivity contribution in [2.24, 2.45) is 0 Å². The Morgan fingerprint density at radius 2 is 2.59 bits per heavy atom. The third-order valence-corrected chi connectivity index (χ3v) is 4.47. The summed E-state index contributed by atoms with van der Waals surface area (Å²) in [6.45, 7) is 3.17. The predicted octanol–water partition coefficient (Wildman–Crippen LogP) is 0.867. The minimum atomic E-state index is -0.0122. The molecule has 1 aromatic heterocycles. The number of aromatic nitrogens is 2. The molecule has 1 aliphatic rings. The van der Waals surface area contributed by atoms with Crippen LogP contribution in [0.25, 0.3) is 0 Å². The van der Waals surface area contributed by atoms with Gasteiger partial charge in [-0.15, -0.1) is 0 Å². The molecule has 1 atom stereocenters. The quantitative estimate of drug-likeness (QED) is 0.836.